The van der Waals surface area contributed by atoms with Crippen LogP contribution in [0.15, 0.2) is 59.7 Å². The predicted octanol–water partition coefficient (Wildman–Crippen LogP) is 3.97. The zero-order valence-corrected chi connectivity index (χ0v) is 18.2. The number of aromatic nitrogens is 3. The second-order valence-electron chi connectivity index (χ2n) is 7.27. The first-order chi connectivity index (χ1) is 15.3. The van der Waals surface area contributed by atoms with Gasteiger partial charge in [0, 0.05) is 23.8 Å². The molecule has 2 heterocycles. The number of rotatable bonds is 6. The van der Waals surface area contributed by atoms with Crippen molar-refractivity contribution in [1.82, 2.24) is 19.4 Å². The molecule has 0 unspecified atom stereocenters. The molecule has 2 aromatic carbocycles. The van der Waals surface area contributed by atoms with Crippen LogP contribution in [0.5, 0.6) is 0 Å². The van der Waals surface area contributed by atoms with Crippen LogP contribution in [0, 0.1) is 25.5 Å². The molecule has 4 aromatic rings. The molecular weight excluding hydrogens is 434 g/mol. The van der Waals surface area contributed by atoms with E-state index in [1.807, 2.05) is 0 Å². The van der Waals surface area contributed by atoms with Crippen molar-refractivity contribution >= 4 is 17.2 Å². The molecule has 1 amide bonds. The molecule has 0 atom stereocenters. The Balaban J connectivity index is 1.47. The van der Waals surface area contributed by atoms with Crippen molar-refractivity contribution in [3.05, 3.63) is 92.4 Å². The van der Waals surface area contributed by atoms with Gasteiger partial charge in [-0.05, 0) is 61.4 Å². The van der Waals surface area contributed by atoms with Crippen molar-refractivity contribution in [3.63, 3.8) is 0 Å². The molecule has 0 fully saturated rings. The zero-order valence-electron chi connectivity index (χ0n) is 17.4. The number of benzene rings is 2. The number of thiazole rings is 1. The molecule has 0 saturated heterocycles. The Morgan fingerprint density at radius 1 is 1.12 bits per heavy atom. The highest BCUT2D eigenvalue weighted by Gasteiger charge is 2.17. The highest BCUT2D eigenvalue weighted by atomic mass is 32.1. The Labute approximate surface area is 186 Å². The fraction of sp³-hybridized carbons (Fsp3) is 0.174. The van der Waals surface area contributed by atoms with E-state index in [0.29, 0.717) is 28.3 Å². The minimum atomic E-state index is -0.430. The van der Waals surface area contributed by atoms with Gasteiger partial charge in [0.15, 0.2) is 0 Å². The van der Waals surface area contributed by atoms with E-state index < -0.39 is 5.82 Å². The quantitative estimate of drug-likeness (QED) is 0.479. The molecule has 0 aliphatic heterocycles. The topological polar surface area (TPSA) is 68.9 Å². The summed E-state index contributed by atoms with van der Waals surface area (Å²) in [6.45, 7) is 3.49. The molecule has 0 saturated carbocycles. The molecule has 0 bridgehead atoms. The molecule has 2 aromatic heterocycles. The van der Waals surface area contributed by atoms with Crippen LogP contribution in [-0.4, -0.2) is 20.0 Å². The molecule has 4 rings (SSSR count). The van der Waals surface area contributed by atoms with Gasteiger partial charge in [-0.1, -0.05) is 17.4 Å². The Kier molecular flexibility index (Phi) is 6.00. The van der Waals surface area contributed by atoms with Crippen molar-refractivity contribution in [1.29, 1.82) is 0 Å². The highest BCUT2D eigenvalue weighted by molar-refractivity contribution is 7.09. The van der Waals surface area contributed by atoms with Gasteiger partial charge in [0.1, 0.15) is 24.0 Å². The summed E-state index contributed by atoms with van der Waals surface area (Å²) in [4.78, 5) is 29.5. The second-order valence-corrected chi connectivity index (χ2v) is 8.44. The van der Waals surface area contributed by atoms with E-state index >= 15 is 0 Å². The average Bonchev–Trinajstić information content (AvgIpc) is 3.29. The molecule has 6 nitrogen and oxygen atoms in total. The van der Waals surface area contributed by atoms with Gasteiger partial charge in [-0.2, -0.15) is 0 Å². The third kappa shape index (κ3) is 4.38. The molecule has 32 heavy (non-hydrogen) atoms. The van der Waals surface area contributed by atoms with E-state index in [4.69, 9.17) is 0 Å². The molecule has 0 aliphatic rings. The van der Waals surface area contributed by atoms with Gasteiger partial charge >= 0.3 is 4.87 Å². The van der Waals surface area contributed by atoms with Crippen molar-refractivity contribution in [2.75, 3.05) is 0 Å². The third-order valence-corrected chi connectivity index (χ3v) is 5.97. The number of hydrogen-bond donors (Lipinski definition) is 1. The van der Waals surface area contributed by atoms with Crippen molar-refractivity contribution in [2.45, 2.75) is 26.9 Å². The fourth-order valence-electron chi connectivity index (χ4n) is 3.51. The SMILES string of the molecule is Cc1sc(=O)n(CC(=O)NCc2ccc(-n3ccnc3C)c(F)c2)c1-c1ccc(F)cc1. The van der Waals surface area contributed by atoms with Gasteiger partial charge in [0.25, 0.3) is 0 Å². The monoisotopic (exact) mass is 454 g/mol. The van der Waals surface area contributed by atoms with Crippen molar-refractivity contribution in [3.8, 4) is 16.9 Å². The first-order valence-electron chi connectivity index (χ1n) is 9.85. The summed E-state index contributed by atoms with van der Waals surface area (Å²) in [5.74, 6) is -0.530. The summed E-state index contributed by atoms with van der Waals surface area (Å²) in [6, 6.07) is 10.5. The number of hydrogen-bond acceptors (Lipinski definition) is 4. The molecule has 0 aliphatic carbocycles. The number of imidazole rings is 1. The number of carbonyl (C=O) groups is 1. The fourth-order valence-corrected chi connectivity index (χ4v) is 4.37. The first kappa shape index (κ1) is 21.6. The molecule has 0 radical (unpaired) electrons. The van der Waals surface area contributed by atoms with Crippen molar-refractivity contribution in [2.24, 2.45) is 0 Å². The lowest BCUT2D eigenvalue weighted by atomic mass is 10.1. The van der Waals surface area contributed by atoms with Crippen LogP contribution < -0.4 is 10.2 Å². The lowest BCUT2D eigenvalue weighted by Gasteiger charge is -2.11. The van der Waals surface area contributed by atoms with Gasteiger partial charge in [-0.15, -0.1) is 0 Å². The summed E-state index contributed by atoms with van der Waals surface area (Å²) in [7, 11) is 0. The molecule has 1 N–H and O–H groups in total. The Morgan fingerprint density at radius 3 is 2.53 bits per heavy atom. The Hall–Kier alpha value is -3.59. The zero-order chi connectivity index (χ0) is 22.8. The normalized spacial score (nSPS) is 11.0. The predicted molar refractivity (Wildman–Crippen MR) is 119 cm³/mol. The van der Waals surface area contributed by atoms with Crippen LogP contribution in [0.3, 0.4) is 0 Å². The summed E-state index contributed by atoms with van der Waals surface area (Å²) < 4.78 is 30.8. The van der Waals surface area contributed by atoms with E-state index in [-0.39, 0.29) is 29.7 Å². The van der Waals surface area contributed by atoms with E-state index in [2.05, 4.69) is 10.3 Å². The maximum atomic E-state index is 14.6. The number of aryl methyl sites for hydroxylation is 2. The lowest BCUT2D eigenvalue weighted by Crippen LogP contribution is -2.30. The van der Waals surface area contributed by atoms with Crippen LogP contribution in [0.2, 0.25) is 0 Å². The minimum Gasteiger partial charge on any atom is -0.350 e. The largest absolute Gasteiger partial charge is 0.350 e. The maximum Gasteiger partial charge on any atom is 0.308 e. The van der Waals surface area contributed by atoms with Crippen LogP contribution in [0.4, 0.5) is 8.78 Å². The Morgan fingerprint density at radius 2 is 1.88 bits per heavy atom. The standard InChI is InChI=1S/C23H20F2N4O2S/c1-14-22(17-4-6-18(24)7-5-17)29(23(31)32-14)13-21(30)27-12-16-3-8-20(19(25)11-16)28-10-9-26-15(28)2/h3-11H,12-13H2,1-2H3,(H,27,30). The average molecular weight is 455 g/mol. The van der Waals surface area contributed by atoms with Crippen LogP contribution in [0.25, 0.3) is 16.9 Å². The minimum absolute atomic E-state index is 0.114. The van der Waals surface area contributed by atoms with Gasteiger partial charge in [0.2, 0.25) is 5.91 Å². The molecular formula is C23H20F2N4O2S. The second kappa shape index (κ2) is 8.88. The number of amides is 1. The molecule has 9 heteroatoms. The number of halogens is 2. The summed E-state index contributed by atoms with van der Waals surface area (Å²) in [5.41, 5.74) is 2.20. The molecule has 0 spiro atoms. The van der Waals surface area contributed by atoms with Crippen molar-refractivity contribution < 1.29 is 13.6 Å². The molecule has 164 valence electrons. The van der Waals surface area contributed by atoms with Crippen LogP contribution in [-0.2, 0) is 17.9 Å². The number of carbonyl (C=O) groups excluding carboxylic acids is 1. The first-order valence-corrected chi connectivity index (χ1v) is 10.7. The van der Waals surface area contributed by atoms with E-state index in [1.165, 1.54) is 22.8 Å². The number of nitrogens with zero attached hydrogens (tertiary/aromatic N) is 3. The van der Waals surface area contributed by atoms with Crippen LogP contribution in [0.1, 0.15) is 16.3 Å². The summed E-state index contributed by atoms with van der Waals surface area (Å²) in [6.07, 6.45) is 3.27. The van der Waals surface area contributed by atoms with Crippen LogP contribution >= 0.6 is 11.3 Å². The Bertz CT molecular complexity index is 1340. The maximum absolute atomic E-state index is 14.6. The van der Waals surface area contributed by atoms with Gasteiger partial charge in [0.05, 0.1) is 11.4 Å². The number of nitrogens with one attached hydrogen (secondary N) is 1. The highest BCUT2D eigenvalue weighted by Crippen LogP contribution is 2.25. The van der Waals surface area contributed by atoms with E-state index in [1.54, 1.807) is 55.1 Å². The third-order valence-electron chi connectivity index (χ3n) is 5.07. The summed E-state index contributed by atoms with van der Waals surface area (Å²) >= 11 is 1.03. The van der Waals surface area contributed by atoms with Gasteiger partial charge in [-0.25, -0.2) is 13.8 Å². The summed E-state index contributed by atoms with van der Waals surface area (Å²) in [5, 5.41) is 2.72. The lowest BCUT2D eigenvalue weighted by molar-refractivity contribution is -0.121. The van der Waals surface area contributed by atoms with E-state index in [0.717, 1.165) is 16.2 Å². The van der Waals surface area contributed by atoms with E-state index in [9.17, 15) is 18.4 Å². The van der Waals surface area contributed by atoms with Gasteiger partial charge < -0.3 is 9.88 Å². The smallest absolute Gasteiger partial charge is 0.308 e. The van der Waals surface area contributed by atoms with Gasteiger partial charge in [-0.3, -0.25) is 14.2 Å².